The fourth-order valence-electron chi connectivity index (χ4n) is 7.00. The van der Waals surface area contributed by atoms with Crippen molar-refractivity contribution >= 4 is 28.2 Å². The van der Waals surface area contributed by atoms with Crippen LogP contribution in [0.25, 0.3) is 15.6 Å². The molecule has 0 spiro atoms. The molecule has 2 aromatic heterocycles. The average molecular weight is 628 g/mol. The molecule has 0 bridgehead atoms. The molecule has 12 heteroatoms. The molecule has 0 unspecified atom stereocenters. The molecule has 6 rings (SSSR count). The molecular weight excluding hydrogens is 585 g/mol. The zero-order valence-corrected chi connectivity index (χ0v) is 27.1. The number of nitrogens with zero attached hydrogens (tertiary/aromatic N) is 9. The summed E-state index contributed by atoms with van der Waals surface area (Å²) in [7, 11) is 4.25. The highest BCUT2D eigenvalue weighted by molar-refractivity contribution is 5.96. The van der Waals surface area contributed by atoms with Gasteiger partial charge < -0.3 is 29.2 Å². The standard InChI is InChI=1S/C34H42FN9O2/c1-22-8-7-9-25-14-37-16-30(31(22)25)42-11-10-28-29(21-42)38-34(46-23(2)17-41(6)27-18-40(5)19-27)39-32(28)43-12-13-44(33(45)24(3)35)26(20-43)15-36-4/h7-9,14,16,23,26-27H,3,10-13,15,17-21H2,1-2,5-6H3/t23-,26+/m1/s1. The average Bonchev–Trinajstić information content (AvgIpc) is 3.02. The van der Waals surface area contributed by atoms with Crippen LogP contribution in [0.15, 0.2) is 43.0 Å². The number of rotatable bonds is 9. The maximum atomic E-state index is 13.9. The number of ether oxygens (including phenoxy) is 1. The smallest absolute Gasteiger partial charge is 0.318 e. The summed E-state index contributed by atoms with van der Waals surface area (Å²) in [6, 6.07) is 6.59. The van der Waals surface area contributed by atoms with Crippen LogP contribution in [0.2, 0.25) is 0 Å². The minimum Gasteiger partial charge on any atom is -0.459 e. The van der Waals surface area contributed by atoms with Crippen molar-refractivity contribution in [1.82, 2.24) is 29.7 Å². The number of pyridine rings is 1. The number of carbonyl (C=O) groups excluding carboxylic acids is 1. The third kappa shape index (κ3) is 6.34. The first kappa shape index (κ1) is 31.6. The van der Waals surface area contributed by atoms with E-state index in [1.807, 2.05) is 19.3 Å². The molecule has 242 valence electrons. The molecule has 3 aliphatic rings. The van der Waals surface area contributed by atoms with E-state index in [0.29, 0.717) is 38.1 Å². The van der Waals surface area contributed by atoms with E-state index >= 15 is 0 Å². The van der Waals surface area contributed by atoms with Crippen molar-refractivity contribution in [3.05, 3.63) is 71.2 Å². The Labute approximate surface area is 270 Å². The van der Waals surface area contributed by atoms with Crippen molar-refractivity contribution < 1.29 is 13.9 Å². The topological polar surface area (TPSA) is 85.5 Å². The van der Waals surface area contributed by atoms with Crippen LogP contribution in [0.1, 0.15) is 23.7 Å². The van der Waals surface area contributed by atoms with Gasteiger partial charge in [-0.2, -0.15) is 9.97 Å². The molecule has 2 fully saturated rings. The number of hydrogen-bond acceptors (Lipinski definition) is 9. The molecule has 0 aliphatic carbocycles. The molecule has 2 saturated heterocycles. The van der Waals surface area contributed by atoms with E-state index in [-0.39, 0.29) is 19.2 Å². The van der Waals surface area contributed by atoms with Crippen molar-refractivity contribution in [1.29, 1.82) is 0 Å². The number of anilines is 2. The largest absolute Gasteiger partial charge is 0.459 e. The summed E-state index contributed by atoms with van der Waals surface area (Å²) < 4.78 is 20.3. The number of carbonyl (C=O) groups is 1. The predicted octanol–water partition coefficient (Wildman–Crippen LogP) is 3.33. The summed E-state index contributed by atoms with van der Waals surface area (Å²) >= 11 is 0. The van der Waals surface area contributed by atoms with Crippen LogP contribution in [-0.4, -0.2) is 120 Å². The van der Waals surface area contributed by atoms with E-state index in [1.165, 1.54) is 15.8 Å². The number of amides is 1. The molecule has 0 saturated carbocycles. The highest BCUT2D eigenvalue weighted by Crippen LogP contribution is 2.35. The molecule has 5 heterocycles. The lowest BCUT2D eigenvalue weighted by molar-refractivity contribution is -0.131. The molecule has 3 aliphatic heterocycles. The Morgan fingerprint density at radius 1 is 1.20 bits per heavy atom. The highest BCUT2D eigenvalue weighted by Gasteiger charge is 2.36. The van der Waals surface area contributed by atoms with Crippen LogP contribution < -0.4 is 14.5 Å². The lowest BCUT2D eigenvalue weighted by Crippen LogP contribution is -2.57. The quantitative estimate of drug-likeness (QED) is 0.262. The predicted molar refractivity (Wildman–Crippen MR) is 177 cm³/mol. The molecule has 11 nitrogen and oxygen atoms in total. The first-order chi connectivity index (χ1) is 22.1. The number of likely N-dealkylation sites (tertiary alicyclic amines) is 1. The zero-order chi connectivity index (χ0) is 32.5. The fourth-order valence-corrected chi connectivity index (χ4v) is 7.00. The lowest BCUT2D eigenvalue weighted by atomic mass is 10.0. The summed E-state index contributed by atoms with van der Waals surface area (Å²) in [4.78, 5) is 41.1. The third-order valence-electron chi connectivity index (χ3n) is 9.43. The molecule has 1 aromatic carbocycles. The van der Waals surface area contributed by atoms with Gasteiger partial charge in [-0.1, -0.05) is 24.8 Å². The van der Waals surface area contributed by atoms with E-state index in [4.69, 9.17) is 21.3 Å². The van der Waals surface area contributed by atoms with Crippen LogP contribution in [0.5, 0.6) is 6.01 Å². The minimum absolute atomic E-state index is 0.0626. The number of piperazine rings is 1. The van der Waals surface area contributed by atoms with Crippen LogP contribution in [0, 0.1) is 13.5 Å². The van der Waals surface area contributed by atoms with Gasteiger partial charge in [0.25, 0.3) is 5.91 Å². The second kappa shape index (κ2) is 13.2. The summed E-state index contributed by atoms with van der Waals surface area (Å²) in [6.45, 7) is 20.1. The molecule has 0 radical (unpaired) electrons. The van der Waals surface area contributed by atoms with Crippen LogP contribution in [0.4, 0.5) is 15.9 Å². The maximum absolute atomic E-state index is 13.9. The summed E-state index contributed by atoms with van der Waals surface area (Å²) in [5.74, 6) is -1.01. The van der Waals surface area contributed by atoms with E-state index in [2.05, 4.69) is 75.2 Å². The third-order valence-corrected chi connectivity index (χ3v) is 9.43. The van der Waals surface area contributed by atoms with Crippen molar-refractivity contribution in [3.63, 3.8) is 0 Å². The van der Waals surface area contributed by atoms with Gasteiger partial charge in [0, 0.05) is 74.4 Å². The minimum atomic E-state index is -1.01. The Balaban J connectivity index is 1.32. The highest BCUT2D eigenvalue weighted by atomic mass is 19.1. The van der Waals surface area contributed by atoms with Crippen molar-refractivity contribution in [2.24, 2.45) is 0 Å². The van der Waals surface area contributed by atoms with Gasteiger partial charge in [-0.15, -0.1) is 0 Å². The number of fused-ring (bicyclic) bond motifs is 2. The SMILES string of the molecule is [C-]#[N+]C[C@H]1CN(c2nc(O[C@H](C)CN(C)C3CN(C)C3)nc3c2CCN(c2cncc4cccc(C)c24)C3)CCN1C(=O)C(=C)F. The van der Waals surface area contributed by atoms with Crippen LogP contribution in [0.3, 0.4) is 0 Å². The Hall–Kier alpha value is -4.34. The summed E-state index contributed by atoms with van der Waals surface area (Å²) in [5, 5.41) is 2.28. The van der Waals surface area contributed by atoms with Gasteiger partial charge in [0.1, 0.15) is 18.0 Å². The van der Waals surface area contributed by atoms with Gasteiger partial charge in [-0.3, -0.25) is 14.7 Å². The maximum Gasteiger partial charge on any atom is 0.318 e. The molecule has 46 heavy (non-hydrogen) atoms. The number of likely N-dealkylation sites (N-methyl/N-ethyl adjacent to an activating group) is 2. The van der Waals surface area contributed by atoms with Gasteiger partial charge in [-0.25, -0.2) is 11.0 Å². The lowest BCUT2D eigenvalue weighted by Gasteiger charge is -2.42. The van der Waals surface area contributed by atoms with Gasteiger partial charge >= 0.3 is 6.01 Å². The Bertz CT molecular complexity index is 1670. The molecule has 3 aromatic rings. The van der Waals surface area contributed by atoms with Gasteiger partial charge in [0.15, 0.2) is 5.83 Å². The number of aryl methyl sites for hydroxylation is 1. The van der Waals surface area contributed by atoms with Gasteiger partial charge in [0.2, 0.25) is 6.54 Å². The Morgan fingerprint density at radius 2 is 2.00 bits per heavy atom. The summed E-state index contributed by atoms with van der Waals surface area (Å²) in [5.41, 5.74) is 4.18. The zero-order valence-electron chi connectivity index (χ0n) is 27.1. The first-order valence-electron chi connectivity index (χ1n) is 15.9. The van der Waals surface area contributed by atoms with Crippen LogP contribution in [-0.2, 0) is 17.8 Å². The van der Waals surface area contributed by atoms with Crippen molar-refractivity contribution in [2.75, 3.05) is 76.3 Å². The van der Waals surface area contributed by atoms with E-state index in [0.717, 1.165) is 54.3 Å². The Morgan fingerprint density at radius 3 is 2.74 bits per heavy atom. The Kier molecular flexibility index (Phi) is 9.06. The van der Waals surface area contributed by atoms with Crippen LogP contribution >= 0.6 is 0 Å². The van der Waals surface area contributed by atoms with Crippen molar-refractivity contribution in [2.45, 2.75) is 45.0 Å². The second-order valence-corrected chi connectivity index (χ2v) is 12.8. The van der Waals surface area contributed by atoms with E-state index in [9.17, 15) is 9.18 Å². The molecule has 0 N–H and O–H groups in total. The summed E-state index contributed by atoms with van der Waals surface area (Å²) in [6.07, 6.45) is 4.39. The normalized spacial score (nSPS) is 19.5. The van der Waals surface area contributed by atoms with E-state index < -0.39 is 17.8 Å². The van der Waals surface area contributed by atoms with E-state index in [1.54, 1.807) is 0 Å². The number of benzene rings is 1. The fraction of sp³-hybridized carbons (Fsp3) is 0.500. The second-order valence-electron chi connectivity index (χ2n) is 12.8. The number of halogens is 1. The monoisotopic (exact) mass is 627 g/mol. The molecule has 1 amide bonds. The van der Waals surface area contributed by atoms with Crippen molar-refractivity contribution in [3.8, 4) is 6.01 Å². The van der Waals surface area contributed by atoms with Gasteiger partial charge in [-0.05, 0) is 39.9 Å². The molecular formula is C34H42FN9O2. The molecule has 2 atom stereocenters. The number of hydrogen-bond donors (Lipinski definition) is 0. The van der Waals surface area contributed by atoms with Gasteiger partial charge in [0.05, 0.1) is 24.1 Å². The number of aromatic nitrogens is 3. The first-order valence-corrected chi connectivity index (χ1v) is 15.9.